The Bertz CT molecular complexity index is 974. The normalized spacial score (nSPS) is 15.5. The van der Waals surface area contributed by atoms with Gasteiger partial charge < -0.3 is 5.32 Å². The molecule has 3 rings (SSSR count). The lowest BCUT2D eigenvalue weighted by atomic mass is 10.2. The van der Waals surface area contributed by atoms with E-state index in [9.17, 15) is 13.2 Å². The van der Waals surface area contributed by atoms with E-state index in [1.807, 2.05) is 0 Å². The summed E-state index contributed by atoms with van der Waals surface area (Å²) < 4.78 is 27.2. The van der Waals surface area contributed by atoms with Gasteiger partial charge in [0.15, 0.2) is 0 Å². The van der Waals surface area contributed by atoms with Crippen molar-refractivity contribution in [2.24, 2.45) is 0 Å². The summed E-state index contributed by atoms with van der Waals surface area (Å²) in [6.07, 6.45) is 2.63. The third-order valence-corrected chi connectivity index (χ3v) is 7.23. The quantitative estimate of drug-likeness (QED) is 0.711. The number of amides is 1. The third kappa shape index (κ3) is 4.58. The molecule has 1 saturated heterocycles. The molecular formula is C18H17Cl3N2O3S. The number of carbonyl (C=O) groups excluding carboxylic acids is 1. The van der Waals surface area contributed by atoms with E-state index in [0.717, 1.165) is 19.3 Å². The highest BCUT2D eigenvalue weighted by Crippen LogP contribution is 2.29. The van der Waals surface area contributed by atoms with Gasteiger partial charge >= 0.3 is 0 Å². The summed E-state index contributed by atoms with van der Waals surface area (Å²) in [6, 6.07) is 8.85. The van der Waals surface area contributed by atoms with E-state index in [-0.39, 0.29) is 20.5 Å². The van der Waals surface area contributed by atoms with Crippen LogP contribution in [0.5, 0.6) is 0 Å². The number of anilines is 1. The van der Waals surface area contributed by atoms with Crippen molar-refractivity contribution in [2.75, 3.05) is 18.4 Å². The van der Waals surface area contributed by atoms with Gasteiger partial charge in [-0.15, -0.1) is 0 Å². The fourth-order valence-corrected chi connectivity index (χ4v) is 5.35. The van der Waals surface area contributed by atoms with Gasteiger partial charge in [-0.25, -0.2) is 8.42 Å². The van der Waals surface area contributed by atoms with Crippen molar-refractivity contribution in [2.45, 2.75) is 24.2 Å². The Hall–Kier alpha value is -1.31. The molecule has 1 aliphatic heterocycles. The average molecular weight is 448 g/mol. The number of halogens is 3. The van der Waals surface area contributed by atoms with Crippen LogP contribution in [0.2, 0.25) is 15.1 Å². The number of hydrogen-bond acceptors (Lipinski definition) is 3. The summed E-state index contributed by atoms with van der Waals surface area (Å²) in [6.45, 7) is 0.908. The zero-order chi connectivity index (χ0) is 19.6. The van der Waals surface area contributed by atoms with Crippen molar-refractivity contribution in [3.8, 4) is 0 Å². The summed E-state index contributed by atoms with van der Waals surface area (Å²) in [5, 5.41) is 3.46. The number of piperidine rings is 1. The summed E-state index contributed by atoms with van der Waals surface area (Å²) in [7, 11) is -3.76. The molecule has 9 heteroatoms. The van der Waals surface area contributed by atoms with E-state index in [4.69, 9.17) is 34.8 Å². The molecular weight excluding hydrogens is 431 g/mol. The molecule has 2 aromatic carbocycles. The van der Waals surface area contributed by atoms with Gasteiger partial charge in [-0.3, -0.25) is 4.79 Å². The van der Waals surface area contributed by atoms with Gasteiger partial charge in [-0.05, 0) is 49.2 Å². The Kier molecular flexibility index (Phi) is 6.33. The number of sulfonamides is 1. The monoisotopic (exact) mass is 446 g/mol. The first-order valence-corrected chi connectivity index (χ1v) is 10.9. The number of nitrogens with one attached hydrogen (secondary N) is 1. The first-order valence-electron chi connectivity index (χ1n) is 8.35. The van der Waals surface area contributed by atoms with Crippen molar-refractivity contribution in [1.82, 2.24) is 4.31 Å². The summed E-state index contributed by atoms with van der Waals surface area (Å²) >= 11 is 18.1. The molecule has 1 aliphatic rings. The second-order valence-electron chi connectivity index (χ2n) is 6.19. The zero-order valence-electron chi connectivity index (χ0n) is 14.2. The molecule has 0 aliphatic carbocycles. The Labute approximate surface area is 173 Å². The summed E-state index contributed by atoms with van der Waals surface area (Å²) in [5.74, 6) is -0.494. The largest absolute Gasteiger partial charge is 0.321 e. The first-order chi connectivity index (χ1) is 12.8. The zero-order valence-corrected chi connectivity index (χ0v) is 17.3. The van der Waals surface area contributed by atoms with Crippen molar-refractivity contribution in [3.05, 3.63) is 57.0 Å². The molecule has 5 nitrogen and oxygen atoms in total. The van der Waals surface area contributed by atoms with E-state index in [1.54, 1.807) is 12.1 Å². The van der Waals surface area contributed by atoms with Gasteiger partial charge in [-0.1, -0.05) is 41.2 Å². The predicted octanol–water partition coefficient (Wildman–Crippen LogP) is 5.07. The Morgan fingerprint density at radius 3 is 2.30 bits per heavy atom. The van der Waals surface area contributed by atoms with E-state index >= 15 is 0 Å². The van der Waals surface area contributed by atoms with Gasteiger partial charge in [0, 0.05) is 23.7 Å². The Balaban J connectivity index is 1.89. The van der Waals surface area contributed by atoms with Crippen molar-refractivity contribution in [1.29, 1.82) is 0 Å². The Morgan fingerprint density at radius 1 is 0.926 bits per heavy atom. The van der Waals surface area contributed by atoms with E-state index in [1.165, 1.54) is 28.6 Å². The summed E-state index contributed by atoms with van der Waals surface area (Å²) in [5.41, 5.74) is 0.544. The number of nitrogens with zero attached hydrogens (tertiary/aromatic N) is 1. The molecule has 0 aromatic heterocycles. The van der Waals surface area contributed by atoms with Crippen LogP contribution in [0.1, 0.15) is 29.6 Å². The fourth-order valence-electron chi connectivity index (χ4n) is 2.87. The topological polar surface area (TPSA) is 66.5 Å². The smallest absolute Gasteiger partial charge is 0.255 e. The van der Waals surface area contributed by atoms with Gasteiger partial charge in [0.05, 0.1) is 15.7 Å². The maximum absolute atomic E-state index is 12.9. The highest BCUT2D eigenvalue weighted by atomic mass is 35.5. The first kappa shape index (κ1) is 20.4. The highest BCUT2D eigenvalue weighted by molar-refractivity contribution is 7.89. The molecule has 1 fully saturated rings. The van der Waals surface area contributed by atoms with Crippen LogP contribution in [0.25, 0.3) is 0 Å². The third-order valence-electron chi connectivity index (χ3n) is 4.31. The molecule has 0 unspecified atom stereocenters. The standard InChI is InChI=1S/C18H17Cl3N2O3S/c19-13-5-7-16(15(21)11-13)22-18(24)12-4-6-14(20)17(10-12)27(25,26)23-8-2-1-3-9-23/h4-7,10-11H,1-3,8-9H2,(H,22,24). The van der Waals surface area contributed by atoms with Crippen LogP contribution in [0.15, 0.2) is 41.3 Å². The average Bonchev–Trinajstić information content (AvgIpc) is 2.65. The summed E-state index contributed by atoms with van der Waals surface area (Å²) in [4.78, 5) is 12.5. The van der Waals surface area contributed by atoms with Crippen LogP contribution in [-0.4, -0.2) is 31.7 Å². The molecule has 2 aromatic rings. The van der Waals surface area contributed by atoms with Crippen LogP contribution < -0.4 is 5.32 Å². The number of rotatable bonds is 4. The van der Waals surface area contributed by atoms with Crippen LogP contribution >= 0.6 is 34.8 Å². The second kappa shape index (κ2) is 8.37. The van der Waals surface area contributed by atoms with E-state index in [0.29, 0.717) is 23.8 Å². The highest BCUT2D eigenvalue weighted by Gasteiger charge is 2.28. The molecule has 27 heavy (non-hydrogen) atoms. The van der Waals surface area contributed by atoms with Gasteiger partial charge in [0.2, 0.25) is 10.0 Å². The number of hydrogen-bond donors (Lipinski definition) is 1. The fraction of sp³-hybridized carbons (Fsp3) is 0.278. The molecule has 0 atom stereocenters. The number of carbonyl (C=O) groups is 1. The van der Waals surface area contributed by atoms with Crippen molar-refractivity contribution >= 4 is 56.4 Å². The minimum Gasteiger partial charge on any atom is -0.321 e. The van der Waals surface area contributed by atoms with Gasteiger partial charge in [0.25, 0.3) is 5.91 Å². The van der Waals surface area contributed by atoms with Crippen LogP contribution in [0.3, 0.4) is 0 Å². The van der Waals surface area contributed by atoms with Crippen LogP contribution in [0.4, 0.5) is 5.69 Å². The molecule has 0 saturated carbocycles. The second-order valence-corrected chi connectivity index (χ2v) is 9.35. The van der Waals surface area contributed by atoms with Gasteiger partial charge in [0.1, 0.15) is 4.90 Å². The lowest BCUT2D eigenvalue weighted by Gasteiger charge is -2.26. The minimum absolute atomic E-state index is 0.0686. The van der Waals surface area contributed by atoms with Crippen LogP contribution in [-0.2, 0) is 10.0 Å². The van der Waals surface area contributed by atoms with Crippen molar-refractivity contribution in [3.63, 3.8) is 0 Å². The maximum Gasteiger partial charge on any atom is 0.255 e. The molecule has 1 heterocycles. The lowest BCUT2D eigenvalue weighted by Crippen LogP contribution is -2.35. The maximum atomic E-state index is 12.9. The van der Waals surface area contributed by atoms with E-state index in [2.05, 4.69) is 5.32 Å². The molecule has 0 bridgehead atoms. The molecule has 0 radical (unpaired) electrons. The molecule has 144 valence electrons. The number of benzene rings is 2. The van der Waals surface area contributed by atoms with Crippen LogP contribution in [0, 0.1) is 0 Å². The Morgan fingerprint density at radius 2 is 1.63 bits per heavy atom. The molecule has 1 amide bonds. The van der Waals surface area contributed by atoms with Crippen molar-refractivity contribution < 1.29 is 13.2 Å². The predicted molar refractivity (Wildman–Crippen MR) is 108 cm³/mol. The minimum atomic E-state index is -3.76. The van der Waals surface area contributed by atoms with E-state index < -0.39 is 15.9 Å². The molecule has 1 N–H and O–H groups in total. The van der Waals surface area contributed by atoms with Gasteiger partial charge in [-0.2, -0.15) is 4.31 Å². The molecule has 0 spiro atoms. The SMILES string of the molecule is O=C(Nc1ccc(Cl)cc1Cl)c1ccc(Cl)c(S(=O)(=O)N2CCCCC2)c1. The lowest BCUT2D eigenvalue weighted by molar-refractivity contribution is 0.102.